The monoisotopic (exact) mass is 491 g/mol. The molecule has 11 heteroatoms. The van der Waals surface area contributed by atoms with Gasteiger partial charge in [0.05, 0.1) is 22.2 Å². The molecule has 0 unspecified atom stereocenters. The van der Waals surface area contributed by atoms with Crippen molar-refractivity contribution in [3.8, 4) is 0 Å². The average molecular weight is 492 g/mol. The fraction of sp³-hybridized carbons (Fsp3) is 0.350. The van der Waals surface area contributed by atoms with E-state index < -0.39 is 48.0 Å². The van der Waals surface area contributed by atoms with Crippen molar-refractivity contribution in [3.63, 3.8) is 0 Å². The van der Waals surface area contributed by atoms with E-state index in [9.17, 15) is 26.0 Å². The minimum atomic E-state index is -3.98. The number of hydrogen-bond donors (Lipinski definition) is 1. The van der Waals surface area contributed by atoms with Gasteiger partial charge in [-0.05, 0) is 30.5 Å². The third kappa shape index (κ3) is 7.79. The zero-order valence-electron chi connectivity index (χ0n) is 16.8. The van der Waals surface area contributed by atoms with Gasteiger partial charge >= 0.3 is 5.97 Å². The second kappa shape index (κ2) is 10.9. The molecule has 7 nitrogen and oxygen atoms in total. The minimum absolute atomic E-state index is 0.0152. The Labute approximate surface area is 186 Å². The maximum atomic E-state index is 14.2. The molecule has 0 heterocycles. The van der Waals surface area contributed by atoms with Crippen LogP contribution in [0.25, 0.3) is 0 Å². The molecule has 0 radical (unpaired) electrons. The van der Waals surface area contributed by atoms with E-state index in [-0.39, 0.29) is 30.2 Å². The summed E-state index contributed by atoms with van der Waals surface area (Å²) in [5, 5.41) is -0.444. The number of carbonyl (C=O) groups excluding carboxylic acids is 1. The Balaban J connectivity index is 2.09. The van der Waals surface area contributed by atoms with Gasteiger partial charge in [-0.1, -0.05) is 48.9 Å². The van der Waals surface area contributed by atoms with Crippen LogP contribution in [0, 0.1) is 5.82 Å². The molecule has 0 fully saturated rings. The van der Waals surface area contributed by atoms with Crippen LogP contribution in [0.3, 0.4) is 0 Å². The Bertz CT molecular complexity index is 1120. The molecule has 2 rings (SSSR count). The van der Waals surface area contributed by atoms with E-state index in [0.29, 0.717) is 12.0 Å². The van der Waals surface area contributed by atoms with E-state index in [0.717, 1.165) is 12.1 Å². The molecule has 0 saturated carbocycles. The Morgan fingerprint density at radius 1 is 1.03 bits per heavy atom. The largest absolute Gasteiger partial charge is 0.457 e. The van der Waals surface area contributed by atoms with Gasteiger partial charge in [0, 0.05) is 5.75 Å². The van der Waals surface area contributed by atoms with Crippen LogP contribution in [0.15, 0.2) is 42.5 Å². The van der Waals surface area contributed by atoms with Crippen LogP contribution in [0.2, 0.25) is 5.02 Å². The van der Waals surface area contributed by atoms with Gasteiger partial charge in [0.2, 0.25) is 10.0 Å². The van der Waals surface area contributed by atoms with Crippen molar-refractivity contribution in [2.45, 2.75) is 26.4 Å². The summed E-state index contributed by atoms with van der Waals surface area (Å²) in [4.78, 5) is 12.3. The van der Waals surface area contributed by atoms with Gasteiger partial charge in [0.1, 0.15) is 27.8 Å². The molecule has 0 bridgehead atoms. The quantitative estimate of drug-likeness (QED) is 0.479. The first kappa shape index (κ1) is 25.1. The summed E-state index contributed by atoms with van der Waals surface area (Å²) in [6.45, 7) is 1.60. The maximum absolute atomic E-state index is 14.2. The van der Waals surface area contributed by atoms with E-state index in [1.807, 2.05) is 0 Å². The Hall–Kier alpha value is -2.17. The molecule has 170 valence electrons. The van der Waals surface area contributed by atoms with Gasteiger partial charge in [-0.3, -0.25) is 4.72 Å². The second-order valence-electron chi connectivity index (χ2n) is 6.77. The molecule has 0 aromatic heterocycles. The van der Waals surface area contributed by atoms with Gasteiger partial charge in [-0.2, -0.15) is 0 Å². The first-order valence-electron chi connectivity index (χ1n) is 9.44. The van der Waals surface area contributed by atoms with Crippen LogP contribution in [0.1, 0.15) is 35.7 Å². The SMILES string of the molecule is CCCS(=O)(=O)CCCS(=O)(=O)Nc1ccc(F)c(C(=O)OCc2ccccc2)c1Cl. The van der Waals surface area contributed by atoms with Crippen molar-refractivity contribution in [1.29, 1.82) is 0 Å². The molecule has 0 spiro atoms. The highest BCUT2D eigenvalue weighted by molar-refractivity contribution is 7.93. The van der Waals surface area contributed by atoms with Crippen molar-refractivity contribution in [2.75, 3.05) is 22.0 Å². The third-order valence-corrected chi connectivity index (χ3v) is 7.85. The van der Waals surface area contributed by atoms with Crippen LogP contribution in [-0.2, 0) is 31.2 Å². The minimum Gasteiger partial charge on any atom is -0.457 e. The first-order chi connectivity index (χ1) is 14.5. The Morgan fingerprint density at radius 3 is 2.35 bits per heavy atom. The van der Waals surface area contributed by atoms with Crippen LogP contribution in [-0.4, -0.2) is 40.1 Å². The Morgan fingerprint density at radius 2 is 1.71 bits per heavy atom. The number of benzene rings is 2. The van der Waals surface area contributed by atoms with E-state index in [2.05, 4.69) is 4.72 Å². The summed E-state index contributed by atoms with van der Waals surface area (Å²) in [5.41, 5.74) is -0.114. The third-order valence-electron chi connectivity index (χ3n) is 4.16. The summed E-state index contributed by atoms with van der Waals surface area (Å²) in [6, 6.07) is 10.7. The highest BCUT2D eigenvalue weighted by Crippen LogP contribution is 2.30. The number of anilines is 1. The van der Waals surface area contributed by atoms with Gasteiger partial charge in [0.15, 0.2) is 0 Å². The summed E-state index contributed by atoms with van der Waals surface area (Å²) < 4.78 is 69.5. The number of esters is 1. The number of halogens is 2. The lowest BCUT2D eigenvalue weighted by atomic mass is 10.2. The molecule has 2 aromatic carbocycles. The molecule has 0 saturated heterocycles. The van der Waals surface area contributed by atoms with Crippen LogP contribution < -0.4 is 4.72 Å². The van der Waals surface area contributed by atoms with E-state index in [1.54, 1.807) is 37.3 Å². The summed E-state index contributed by atoms with van der Waals surface area (Å²) in [7, 11) is -7.30. The zero-order valence-corrected chi connectivity index (χ0v) is 19.2. The summed E-state index contributed by atoms with van der Waals surface area (Å²) >= 11 is 6.08. The number of nitrogens with one attached hydrogen (secondary N) is 1. The standard InChI is InChI=1S/C20H23ClFNO6S2/c1-2-11-30(25,26)12-6-13-31(27,28)23-17-10-9-16(22)18(19(17)21)20(24)29-14-15-7-4-3-5-8-15/h3-5,7-10,23H,2,6,11-14H2,1H3. The van der Waals surface area contributed by atoms with Crippen molar-refractivity contribution in [1.82, 2.24) is 0 Å². The van der Waals surface area contributed by atoms with Crippen LogP contribution in [0.4, 0.5) is 10.1 Å². The van der Waals surface area contributed by atoms with Crippen molar-refractivity contribution >= 4 is 43.1 Å². The molecule has 0 aliphatic carbocycles. The van der Waals surface area contributed by atoms with Gasteiger partial charge in [-0.25, -0.2) is 26.0 Å². The predicted molar refractivity (Wildman–Crippen MR) is 118 cm³/mol. The number of sulfone groups is 1. The lowest BCUT2D eigenvalue weighted by Gasteiger charge is -2.13. The molecule has 31 heavy (non-hydrogen) atoms. The fourth-order valence-electron chi connectivity index (χ4n) is 2.71. The van der Waals surface area contributed by atoms with Crippen molar-refractivity contribution < 1.29 is 30.8 Å². The highest BCUT2D eigenvalue weighted by Gasteiger charge is 2.23. The van der Waals surface area contributed by atoms with Gasteiger partial charge < -0.3 is 4.74 Å². The molecule has 0 amide bonds. The number of hydrogen-bond acceptors (Lipinski definition) is 6. The lowest BCUT2D eigenvalue weighted by Crippen LogP contribution is -2.21. The van der Waals surface area contributed by atoms with Crippen LogP contribution in [0.5, 0.6) is 0 Å². The van der Waals surface area contributed by atoms with Crippen LogP contribution >= 0.6 is 11.6 Å². The topological polar surface area (TPSA) is 107 Å². The normalized spacial score (nSPS) is 11.8. The van der Waals surface area contributed by atoms with Crippen molar-refractivity contribution in [3.05, 3.63) is 64.4 Å². The predicted octanol–water partition coefficient (Wildman–Crippen LogP) is 3.79. The molecule has 2 aromatic rings. The molecule has 0 aliphatic rings. The molecular weight excluding hydrogens is 469 g/mol. The first-order valence-corrected chi connectivity index (χ1v) is 13.3. The summed E-state index contributed by atoms with van der Waals surface area (Å²) in [5.74, 6) is -2.76. The molecular formula is C20H23ClFNO6S2. The second-order valence-corrected chi connectivity index (χ2v) is 11.3. The fourth-order valence-corrected chi connectivity index (χ4v) is 5.77. The highest BCUT2D eigenvalue weighted by atomic mass is 35.5. The lowest BCUT2D eigenvalue weighted by molar-refractivity contribution is 0.0467. The maximum Gasteiger partial charge on any atom is 0.343 e. The number of sulfonamides is 1. The van der Waals surface area contributed by atoms with E-state index >= 15 is 0 Å². The zero-order chi connectivity index (χ0) is 23.1. The Kier molecular flexibility index (Phi) is 8.84. The summed E-state index contributed by atoms with van der Waals surface area (Å²) in [6.07, 6.45) is 0.337. The van der Waals surface area contributed by atoms with E-state index in [1.165, 1.54) is 0 Å². The molecule has 0 atom stereocenters. The van der Waals surface area contributed by atoms with E-state index in [4.69, 9.17) is 16.3 Å². The number of rotatable bonds is 11. The van der Waals surface area contributed by atoms with Gasteiger partial charge in [0.25, 0.3) is 0 Å². The smallest absolute Gasteiger partial charge is 0.343 e. The average Bonchev–Trinajstić information content (AvgIpc) is 2.69. The number of carbonyl (C=O) groups is 1. The molecule has 1 N–H and O–H groups in total. The molecule has 0 aliphatic heterocycles. The number of ether oxygens (including phenoxy) is 1. The van der Waals surface area contributed by atoms with Crippen molar-refractivity contribution in [2.24, 2.45) is 0 Å². The van der Waals surface area contributed by atoms with Gasteiger partial charge in [-0.15, -0.1) is 0 Å².